The monoisotopic (exact) mass is 521 g/mol. The van der Waals surface area contributed by atoms with Gasteiger partial charge in [0.05, 0.1) is 16.6 Å². The van der Waals surface area contributed by atoms with E-state index in [2.05, 4.69) is 9.97 Å². The smallest absolute Gasteiger partial charge is 0.475 e. The van der Waals surface area contributed by atoms with Crippen LogP contribution in [0.4, 0.5) is 13.2 Å². The van der Waals surface area contributed by atoms with Crippen LogP contribution in [-0.4, -0.2) is 66.9 Å². The molecule has 0 amide bonds. The van der Waals surface area contributed by atoms with Crippen molar-refractivity contribution in [2.75, 3.05) is 6.61 Å². The number of nitrogens with zero attached hydrogens (tertiary/aromatic N) is 3. The van der Waals surface area contributed by atoms with Gasteiger partial charge in [0.1, 0.15) is 36.4 Å². The third-order valence-corrected chi connectivity index (χ3v) is 6.91. The fourth-order valence-corrected chi connectivity index (χ4v) is 5.33. The number of hydrogen-bond donors (Lipinski definition) is 3. The van der Waals surface area contributed by atoms with Crippen molar-refractivity contribution in [2.45, 2.75) is 50.2 Å². The van der Waals surface area contributed by atoms with Crippen LogP contribution in [0, 0.1) is 6.92 Å². The number of aliphatic carboxylic acids is 1. The summed E-state index contributed by atoms with van der Waals surface area (Å²) >= 11 is 7.60. The zero-order valence-corrected chi connectivity index (χ0v) is 19.0. The maximum Gasteiger partial charge on any atom is 0.490 e. The summed E-state index contributed by atoms with van der Waals surface area (Å²) in [7, 11) is 0. The molecule has 0 radical (unpaired) electrons. The lowest BCUT2D eigenvalue weighted by atomic mass is 9.99. The molecule has 34 heavy (non-hydrogen) atoms. The number of halogens is 4. The largest absolute Gasteiger partial charge is 0.490 e. The van der Waals surface area contributed by atoms with Gasteiger partial charge >= 0.3 is 12.1 Å². The topological polar surface area (TPSA) is 127 Å². The number of aliphatic hydroxyl groups excluding tert-OH is 2. The van der Waals surface area contributed by atoms with Gasteiger partial charge in [0, 0.05) is 16.5 Å². The Balaban J connectivity index is 0.000000344. The lowest BCUT2D eigenvalue weighted by molar-refractivity contribution is -0.192. The molecule has 3 aromatic heterocycles. The molecule has 0 spiro atoms. The van der Waals surface area contributed by atoms with Crippen LogP contribution in [0.1, 0.15) is 28.5 Å². The van der Waals surface area contributed by atoms with Gasteiger partial charge in [-0.1, -0.05) is 11.6 Å². The van der Waals surface area contributed by atoms with Gasteiger partial charge in [0.15, 0.2) is 6.23 Å². The van der Waals surface area contributed by atoms with E-state index in [1.165, 1.54) is 17.7 Å². The second-order valence-electron chi connectivity index (χ2n) is 7.68. The zero-order valence-electron chi connectivity index (χ0n) is 17.4. The molecule has 184 valence electrons. The highest BCUT2D eigenvalue weighted by atomic mass is 35.5. The van der Waals surface area contributed by atoms with Gasteiger partial charge < -0.3 is 29.4 Å². The summed E-state index contributed by atoms with van der Waals surface area (Å²) in [4.78, 5) is 18.4. The van der Waals surface area contributed by atoms with E-state index in [0.29, 0.717) is 16.6 Å². The van der Waals surface area contributed by atoms with Crippen LogP contribution in [-0.2, 0) is 20.7 Å². The Labute approximate surface area is 199 Å². The summed E-state index contributed by atoms with van der Waals surface area (Å²) in [6, 6.07) is 3.82. The van der Waals surface area contributed by atoms with E-state index in [1.807, 2.05) is 19.1 Å². The summed E-state index contributed by atoms with van der Waals surface area (Å²) in [5.41, 5.74) is 2.62. The first-order chi connectivity index (χ1) is 16.0. The summed E-state index contributed by atoms with van der Waals surface area (Å²) in [6.45, 7) is 2.42. The summed E-state index contributed by atoms with van der Waals surface area (Å²) < 4.78 is 46.2. The molecular weight excluding hydrogens is 503 g/mol. The standard InChI is InChI=1S/C18H18ClN3O4S.C2HF3O2/c1-8-10-2-4-22(17(10)21-7-20-8)18-13(24)12(23)14(26-18)15-16-9(3-5-25-15)6-11(19)27-16;3-2(4,5)1(6)7/h2,4,6-7,12-15,18,23-24H,3,5H2,1H3;(H,6,7)/t12-,13+,14-,15-,18+;/m0./s1. The first-order valence-electron chi connectivity index (χ1n) is 9.98. The van der Waals surface area contributed by atoms with Crippen LogP contribution in [0.3, 0.4) is 0 Å². The van der Waals surface area contributed by atoms with Gasteiger partial charge in [0.25, 0.3) is 0 Å². The minimum atomic E-state index is -5.08. The lowest BCUT2D eigenvalue weighted by Crippen LogP contribution is -2.37. The Morgan fingerprint density at radius 1 is 1.29 bits per heavy atom. The van der Waals surface area contributed by atoms with Crippen molar-refractivity contribution in [3.63, 3.8) is 0 Å². The Hall–Kier alpha value is -2.29. The third kappa shape index (κ3) is 4.63. The van der Waals surface area contributed by atoms with Crippen LogP contribution in [0.25, 0.3) is 11.0 Å². The fraction of sp³-hybridized carbons (Fsp3) is 0.450. The van der Waals surface area contributed by atoms with Crippen molar-refractivity contribution >= 4 is 39.9 Å². The number of alkyl halides is 3. The number of thiophene rings is 1. The summed E-state index contributed by atoms with van der Waals surface area (Å²) in [6.07, 6.45) is -5.14. The predicted molar refractivity (Wildman–Crippen MR) is 114 cm³/mol. The average Bonchev–Trinajstić information content (AvgIpc) is 3.44. The van der Waals surface area contributed by atoms with Gasteiger partial charge in [-0.3, -0.25) is 0 Å². The molecule has 1 saturated heterocycles. The normalized spacial score (nSPS) is 26.7. The number of aliphatic hydroxyl groups is 2. The molecule has 2 aliphatic rings. The average molecular weight is 522 g/mol. The Bertz CT molecular complexity index is 1200. The van der Waals surface area contributed by atoms with Crippen LogP contribution in [0.2, 0.25) is 4.34 Å². The Morgan fingerprint density at radius 2 is 2.00 bits per heavy atom. The van der Waals surface area contributed by atoms with E-state index in [9.17, 15) is 23.4 Å². The molecule has 2 aliphatic heterocycles. The van der Waals surface area contributed by atoms with E-state index in [4.69, 9.17) is 31.0 Å². The number of carboxylic acids is 1. The summed E-state index contributed by atoms with van der Waals surface area (Å²) in [5.74, 6) is -2.76. The van der Waals surface area contributed by atoms with Crippen LogP contribution in [0.15, 0.2) is 24.7 Å². The second kappa shape index (κ2) is 9.40. The maximum absolute atomic E-state index is 10.7. The summed E-state index contributed by atoms with van der Waals surface area (Å²) in [5, 5.41) is 29.4. The van der Waals surface area contributed by atoms with E-state index in [-0.39, 0.29) is 0 Å². The van der Waals surface area contributed by atoms with E-state index in [1.54, 1.807) is 10.8 Å². The number of aromatic nitrogens is 3. The molecule has 0 unspecified atom stereocenters. The lowest BCUT2D eigenvalue weighted by Gasteiger charge is -2.29. The number of fused-ring (bicyclic) bond motifs is 2. The maximum atomic E-state index is 10.7. The highest BCUT2D eigenvalue weighted by Crippen LogP contribution is 2.44. The number of carboxylic acid groups (broad SMARTS) is 1. The fourth-order valence-electron chi connectivity index (χ4n) is 3.93. The number of ether oxygens (including phenoxy) is 2. The van der Waals surface area contributed by atoms with Crippen molar-refractivity contribution in [3.05, 3.63) is 45.1 Å². The highest BCUT2D eigenvalue weighted by molar-refractivity contribution is 7.16. The van der Waals surface area contributed by atoms with Crippen molar-refractivity contribution in [1.82, 2.24) is 14.5 Å². The molecule has 14 heteroatoms. The van der Waals surface area contributed by atoms with Gasteiger partial charge in [-0.2, -0.15) is 13.2 Å². The van der Waals surface area contributed by atoms with Crippen LogP contribution in [0.5, 0.6) is 0 Å². The molecule has 9 nitrogen and oxygen atoms in total. The molecule has 0 aliphatic carbocycles. The first-order valence-corrected chi connectivity index (χ1v) is 11.2. The molecule has 0 aromatic carbocycles. The molecule has 5 rings (SSSR count). The molecule has 3 aromatic rings. The van der Waals surface area contributed by atoms with Crippen molar-refractivity contribution in [3.8, 4) is 0 Å². The number of aryl methyl sites for hydroxylation is 1. The Morgan fingerprint density at radius 3 is 2.68 bits per heavy atom. The molecule has 0 saturated carbocycles. The minimum Gasteiger partial charge on any atom is -0.475 e. The molecule has 5 atom stereocenters. The third-order valence-electron chi connectivity index (χ3n) is 5.54. The molecule has 3 N–H and O–H groups in total. The number of carbonyl (C=O) groups is 1. The number of rotatable bonds is 2. The molecular formula is C20H19ClF3N3O6S. The molecule has 0 bridgehead atoms. The minimum absolute atomic E-state index is 0.459. The molecule has 1 fully saturated rings. The highest BCUT2D eigenvalue weighted by Gasteiger charge is 2.49. The zero-order chi connectivity index (χ0) is 24.8. The first kappa shape index (κ1) is 24.8. The van der Waals surface area contributed by atoms with Gasteiger partial charge in [0.2, 0.25) is 0 Å². The van der Waals surface area contributed by atoms with Gasteiger partial charge in [-0.15, -0.1) is 11.3 Å². The van der Waals surface area contributed by atoms with Gasteiger partial charge in [-0.25, -0.2) is 14.8 Å². The predicted octanol–water partition coefficient (Wildman–Crippen LogP) is 3.02. The van der Waals surface area contributed by atoms with Crippen molar-refractivity contribution in [1.29, 1.82) is 0 Å². The SMILES string of the molecule is Cc1ncnc2c1ccn2[C@@H]1O[C@H]([C@@H]2OCCc3cc(Cl)sc32)[C@@H](O)[C@H]1O.O=C(O)C(F)(F)F. The van der Waals surface area contributed by atoms with E-state index >= 15 is 0 Å². The van der Waals surface area contributed by atoms with Crippen molar-refractivity contribution in [2.24, 2.45) is 0 Å². The van der Waals surface area contributed by atoms with Crippen LogP contribution >= 0.6 is 22.9 Å². The van der Waals surface area contributed by atoms with Crippen LogP contribution < -0.4 is 0 Å². The second-order valence-corrected chi connectivity index (χ2v) is 9.39. The molecule has 5 heterocycles. The van der Waals surface area contributed by atoms with E-state index in [0.717, 1.165) is 27.9 Å². The Kier molecular flexibility index (Phi) is 6.86. The van der Waals surface area contributed by atoms with E-state index < -0.39 is 42.8 Å². The van der Waals surface area contributed by atoms with Gasteiger partial charge in [-0.05, 0) is 31.0 Å². The number of hydrogen-bond acceptors (Lipinski definition) is 8. The van der Waals surface area contributed by atoms with Crippen molar-refractivity contribution < 1.29 is 42.8 Å². The quantitative estimate of drug-likeness (QED) is 0.470.